The topological polar surface area (TPSA) is 49.9 Å². The molecule has 3 nitrogen and oxygen atoms in total. The molecular weight excluding hydrogens is 228 g/mol. The SMILES string of the molecule is O=S(=O)(c1ccc[nH]1)C(F)(Cl)Cl. The van der Waals surface area contributed by atoms with Gasteiger partial charge in [0.05, 0.1) is 0 Å². The second-order valence-electron chi connectivity index (χ2n) is 1.98. The van der Waals surface area contributed by atoms with Crippen LogP contribution >= 0.6 is 23.2 Å². The van der Waals surface area contributed by atoms with Crippen LogP contribution in [0.4, 0.5) is 4.39 Å². The fourth-order valence-corrected chi connectivity index (χ4v) is 1.83. The maximum absolute atomic E-state index is 12.7. The summed E-state index contributed by atoms with van der Waals surface area (Å²) in [5.74, 6) is 0. The van der Waals surface area contributed by atoms with Crippen LogP contribution in [0.2, 0.25) is 0 Å². The van der Waals surface area contributed by atoms with Crippen molar-refractivity contribution >= 4 is 33.0 Å². The summed E-state index contributed by atoms with van der Waals surface area (Å²) >= 11 is 9.61. The van der Waals surface area contributed by atoms with Crippen LogP contribution in [0.3, 0.4) is 0 Å². The third-order valence-electron chi connectivity index (χ3n) is 1.16. The van der Waals surface area contributed by atoms with Crippen LogP contribution in [-0.4, -0.2) is 17.3 Å². The van der Waals surface area contributed by atoms with E-state index in [4.69, 9.17) is 23.2 Å². The zero-order valence-electron chi connectivity index (χ0n) is 5.59. The van der Waals surface area contributed by atoms with Crippen LogP contribution in [0.15, 0.2) is 23.4 Å². The van der Waals surface area contributed by atoms with Crippen LogP contribution in [0.5, 0.6) is 0 Å². The Labute approximate surface area is 78.4 Å². The van der Waals surface area contributed by atoms with Gasteiger partial charge < -0.3 is 4.98 Å². The van der Waals surface area contributed by atoms with Gasteiger partial charge in [-0.05, 0) is 35.3 Å². The van der Waals surface area contributed by atoms with E-state index in [2.05, 4.69) is 4.98 Å². The number of H-pyrrole nitrogens is 1. The fraction of sp³-hybridized carbons (Fsp3) is 0.200. The number of sulfone groups is 1. The van der Waals surface area contributed by atoms with E-state index in [1.807, 2.05) is 0 Å². The first-order valence-electron chi connectivity index (χ1n) is 2.80. The van der Waals surface area contributed by atoms with Gasteiger partial charge in [-0.15, -0.1) is 0 Å². The van der Waals surface area contributed by atoms with Crippen LogP contribution in [0, 0.1) is 0 Å². The lowest BCUT2D eigenvalue weighted by Crippen LogP contribution is -2.20. The summed E-state index contributed by atoms with van der Waals surface area (Å²) in [5, 5.41) is -0.352. The summed E-state index contributed by atoms with van der Waals surface area (Å²) in [5.41, 5.74) is 0. The third kappa shape index (κ3) is 1.57. The van der Waals surface area contributed by atoms with Crippen molar-refractivity contribution in [2.24, 2.45) is 0 Å². The normalized spacial score (nSPS) is 13.2. The zero-order valence-corrected chi connectivity index (χ0v) is 7.92. The van der Waals surface area contributed by atoms with Crippen molar-refractivity contribution in [3.8, 4) is 0 Å². The second-order valence-corrected chi connectivity index (χ2v) is 5.68. The average molecular weight is 232 g/mol. The number of rotatable bonds is 2. The lowest BCUT2D eigenvalue weighted by Gasteiger charge is -2.08. The molecule has 0 aliphatic carbocycles. The molecule has 0 unspecified atom stereocenters. The van der Waals surface area contributed by atoms with Gasteiger partial charge >= 0.3 is 3.92 Å². The van der Waals surface area contributed by atoms with Crippen molar-refractivity contribution < 1.29 is 12.8 Å². The van der Waals surface area contributed by atoms with Crippen LogP contribution in [0.1, 0.15) is 0 Å². The van der Waals surface area contributed by atoms with Crippen LogP contribution in [0.25, 0.3) is 0 Å². The summed E-state index contributed by atoms with van der Waals surface area (Å²) in [6, 6.07) is 2.56. The molecule has 0 atom stereocenters. The summed E-state index contributed by atoms with van der Waals surface area (Å²) in [6.07, 6.45) is 1.33. The Morgan fingerprint density at radius 1 is 1.50 bits per heavy atom. The summed E-state index contributed by atoms with van der Waals surface area (Å²) in [4.78, 5) is 2.29. The van der Waals surface area contributed by atoms with E-state index in [9.17, 15) is 12.8 Å². The molecule has 0 radical (unpaired) electrons. The minimum absolute atomic E-state index is 0.352. The van der Waals surface area contributed by atoms with Crippen LogP contribution < -0.4 is 0 Å². The van der Waals surface area contributed by atoms with Crippen molar-refractivity contribution in [2.75, 3.05) is 0 Å². The maximum atomic E-state index is 12.7. The zero-order chi connectivity index (χ0) is 9.41. The minimum atomic E-state index is -4.32. The van der Waals surface area contributed by atoms with E-state index in [0.717, 1.165) is 6.07 Å². The van der Waals surface area contributed by atoms with Gasteiger partial charge in [0, 0.05) is 6.20 Å². The molecule has 0 saturated carbocycles. The number of nitrogens with one attached hydrogen (secondary N) is 1. The summed E-state index contributed by atoms with van der Waals surface area (Å²) in [6.45, 7) is 0. The first-order valence-corrected chi connectivity index (χ1v) is 5.04. The van der Waals surface area contributed by atoms with Crippen molar-refractivity contribution in [1.82, 2.24) is 4.98 Å². The minimum Gasteiger partial charge on any atom is -0.352 e. The molecule has 1 rings (SSSR count). The molecule has 0 amide bonds. The van der Waals surface area contributed by atoms with Crippen LogP contribution in [-0.2, 0) is 9.84 Å². The Balaban J connectivity index is 3.22. The number of hydrogen-bond donors (Lipinski definition) is 1. The molecule has 7 heteroatoms. The van der Waals surface area contributed by atoms with Gasteiger partial charge in [0.2, 0.25) is 0 Å². The molecule has 1 heterocycles. The highest BCUT2D eigenvalue weighted by molar-refractivity contribution is 7.95. The standard InChI is InChI=1S/C5H4Cl2FNO2S/c6-5(7,8)12(10,11)4-2-1-3-9-4/h1-3,9H. The number of hydrogen-bond acceptors (Lipinski definition) is 2. The van der Waals surface area contributed by atoms with Gasteiger partial charge in [-0.1, -0.05) is 0 Å². The molecule has 0 spiro atoms. The predicted octanol–water partition coefficient (Wildman–Crippen LogP) is 1.85. The quantitative estimate of drug-likeness (QED) is 0.791. The van der Waals surface area contributed by atoms with Crippen molar-refractivity contribution in [3.05, 3.63) is 18.3 Å². The maximum Gasteiger partial charge on any atom is 0.363 e. The molecular formula is C5H4Cl2FNO2S. The number of halogens is 3. The van der Waals surface area contributed by atoms with Crippen molar-refractivity contribution in [1.29, 1.82) is 0 Å². The molecule has 0 saturated heterocycles. The first-order chi connectivity index (χ1) is 5.36. The number of aromatic amines is 1. The highest BCUT2D eigenvalue weighted by Gasteiger charge is 2.42. The Kier molecular flexibility index (Phi) is 2.38. The molecule has 0 aliphatic heterocycles. The predicted molar refractivity (Wildman–Crippen MR) is 43.5 cm³/mol. The molecule has 0 aliphatic rings. The highest BCUT2D eigenvalue weighted by atomic mass is 35.5. The van der Waals surface area contributed by atoms with Gasteiger partial charge in [-0.25, -0.2) is 8.42 Å². The van der Waals surface area contributed by atoms with Gasteiger partial charge in [-0.3, -0.25) is 0 Å². The molecule has 1 aromatic heterocycles. The molecule has 68 valence electrons. The second kappa shape index (κ2) is 2.90. The first kappa shape index (κ1) is 9.83. The molecule has 0 aromatic carbocycles. The Bertz CT molecular complexity index is 353. The Hall–Kier alpha value is -0.260. The fourth-order valence-electron chi connectivity index (χ4n) is 0.606. The highest BCUT2D eigenvalue weighted by Crippen LogP contribution is 2.34. The Morgan fingerprint density at radius 3 is 2.42 bits per heavy atom. The van der Waals surface area contributed by atoms with Gasteiger partial charge in [0.1, 0.15) is 5.03 Å². The molecule has 1 N–H and O–H groups in total. The lowest BCUT2D eigenvalue weighted by atomic mass is 10.7. The molecule has 0 fully saturated rings. The summed E-state index contributed by atoms with van der Waals surface area (Å²) in [7, 11) is -4.32. The van der Waals surface area contributed by atoms with Crippen molar-refractivity contribution in [3.63, 3.8) is 0 Å². The van der Waals surface area contributed by atoms with Crippen molar-refractivity contribution in [2.45, 2.75) is 8.95 Å². The van der Waals surface area contributed by atoms with E-state index < -0.39 is 13.8 Å². The largest absolute Gasteiger partial charge is 0.363 e. The van der Waals surface area contributed by atoms with Gasteiger partial charge in [0.25, 0.3) is 9.84 Å². The number of aromatic nitrogens is 1. The van der Waals surface area contributed by atoms with E-state index in [-0.39, 0.29) is 5.03 Å². The lowest BCUT2D eigenvalue weighted by molar-refractivity contribution is 0.468. The average Bonchev–Trinajstić information content (AvgIpc) is 2.34. The third-order valence-corrected chi connectivity index (χ3v) is 3.82. The van der Waals surface area contributed by atoms with Gasteiger partial charge in [-0.2, -0.15) is 4.39 Å². The smallest absolute Gasteiger partial charge is 0.352 e. The molecule has 1 aromatic rings. The Morgan fingerprint density at radius 2 is 2.08 bits per heavy atom. The van der Waals surface area contributed by atoms with E-state index in [1.165, 1.54) is 12.3 Å². The monoisotopic (exact) mass is 231 g/mol. The van der Waals surface area contributed by atoms with E-state index in [1.54, 1.807) is 0 Å². The molecule has 12 heavy (non-hydrogen) atoms. The van der Waals surface area contributed by atoms with E-state index in [0.29, 0.717) is 0 Å². The number of alkyl halides is 3. The van der Waals surface area contributed by atoms with E-state index >= 15 is 0 Å². The van der Waals surface area contributed by atoms with Gasteiger partial charge in [0.15, 0.2) is 0 Å². The molecule has 0 bridgehead atoms. The summed E-state index contributed by atoms with van der Waals surface area (Å²) < 4.78 is 31.4.